The van der Waals surface area contributed by atoms with Crippen molar-refractivity contribution in [2.75, 3.05) is 0 Å². The minimum atomic E-state index is -1.15. The maximum absolute atomic E-state index is 14.1. The number of carbonyl (C=O) groups is 2. The fourth-order valence-electron chi connectivity index (χ4n) is 3.03. The van der Waals surface area contributed by atoms with Crippen molar-refractivity contribution in [3.05, 3.63) is 62.3 Å². The number of aromatic nitrogens is 2. The zero-order chi connectivity index (χ0) is 20.4. The standard InChI is InChI=1S/C19H17FN2O5S/c1-10-15-17(28-16(10)19(26)27)21-13(9-11-5-2-3-6-12(11)20)22(18(15)25)8-4-7-14(23)24/h2-3,5-6H,4,7-9H2,1H3,(H,23,24)(H,26,27). The number of nitrogens with zero attached hydrogens (tertiary/aromatic N) is 2. The van der Waals surface area contributed by atoms with Gasteiger partial charge >= 0.3 is 11.9 Å². The van der Waals surface area contributed by atoms with E-state index < -0.39 is 23.3 Å². The number of halogens is 1. The first-order valence-electron chi connectivity index (χ1n) is 8.51. The van der Waals surface area contributed by atoms with Crippen LogP contribution in [0.4, 0.5) is 4.39 Å². The van der Waals surface area contributed by atoms with E-state index in [-0.39, 0.29) is 46.7 Å². The Kier molecular flexibility index (Phi) is 5.55. The lowest BCUT2D eigenvalue weighted by Gasteiger charge is -2.13. The van der Waals surface area contributed by atoms with Crippen LogP contribution in [0.15, 0.2) is 29.1 Å². The lowest BCUT2D eigenvalue weighted by molar-refractivity contribution is -0.137. The fourth-order valence-corrected chi connectivity index (χ4v) is 4.06. The van der Waals surface area contributed by atoms with Gasteiger partial charge in [-0.2, -0.15) is 0 Å². The highest BCUT2D eigenvalue weighted by Crippen LogP contribution is 2.28. The predicted octanol–water partition coefficient (Wildman–Crippen LogP) is 3.06. The number of rotatable bonds is 7. The van der Waals surface area contributed by atoms with Crippen LogP contribution in [0.5, 0.6) is 0 Å². The molecule has 146 valence electrons. The normalized spacial score (nSPS) is 11.1. The molecule has 0 unspecified atom stereocenters. The van der Waals surface area contributed by atoms with Crippen LogP contribution >= 0.6 is 11.3 Å². The van der Waals surface area contributed by atoms with Gasteiger partial charge in [0.05, 0.1) is 5.39 Å². The van der Waals surface area contributed by atoms with Gasteiger partial charge in [-0.05, 0) is 30.5 Å². The number of hydrogen-bond acceptors (Lipinski definition) is 5. The fraction of sp³-hybridized carbons (Fsp3) is 0.263. The Bertz CT molecular complexity index is 1140. The van der Waals surface area contributed by atoms with Crippen molar-refractivity contribution in [1.82, 2.24) is 9.55 Å². The second-order valence-corrected chi connectivity index (χ2v) is 7.29. The van der Waals surface area contributed by atoms with Gasteiger partial charge in [0.15, 0.2) is 0 Å². The Balaban J connectivity index is 2.16. The van der Waals surface area contributed by atoms with Gasteiger partial charge in [-0.25, -0.2) is 14.2 Å². The van der Waals surface area contributed by atoms with E-state index >= 15 is 0 Å². The summed E-state index contributed by atoms with van der Waals surface area (Å²) in [4.78, 5) is 40.0. The molecule has 2 aromatic heterocycles. The number of aliphatic carboxylic acids is 1. The van der Waals surface area contributed by atoms with Crippen molar-refractivity contribution in [2.24, 2.45) is 0 Å². The second kappa shape index (κ2) is 7.89. The maximum atomic E-state index is 14.1. The zero-order valence-corrected chi connectivity index (χ0v) is 15.8. The summed E-state index contributed by atoms with van der Waals surface area (Å²) < 4.78 is 15.4. The average Bonchev–Trinajstić information content (AvgIpc) is 2.96. The van der Waals surface area contributed by atoms with Gasteiger partial charge in [-0.1, -0.05) is 18.2 Å². The molecule has 0 spiro atoms. The molecule has 2 heterocycles. The largest absolute Gasteiger partial charge is 0.481 e. The molecule has 7 nitrogen and oxygen atoms in total. The highest BCUT2D eigenvalue weighted by molar-refractivity contribution is 7.20. The third-order valence-corrected chi connectivity index (χ3v) is 5.58. The molecule has 0 saturated carbocycles. The quantitative estimate of drug-likeness (QED) is 0.626. The van der Waals surface area contributed by atoms with E-state index in [1.165, 1.54) is 10.6 Å². The van der Waals surface area contributed by atoms with E-state index in [0.717, 1.165) is 11.3 Å². The molecule has 0 aliphatic carbocycles. The van der Waals surface area contributed by atoms with Crippen LogP contribution in [-0.4, -0.2) is 31.7 Å². The van der Waals surface area contributed by atoms with Gasteiger partial charge in [0.2, 0.25) is 0 Å². The molecule has 3 aromatic rings. The summed E-state index contributed by atoms with van der Waals surface area (Å²) in [6, 6.07) is 6.10. The Labute approximate surface area is 162 Å². The molecule has 28 heavy (non-hydrogen) atoms. The molecule has 0 atom stereocenters. The molecule has 2 N–H and O–H groups in total. The number of aryl methyl sites for hydroxylation is 1. The van der Waals surface area contributed by atoms with Crippen LogP contribution in [0.25, 0.3) is 10.2 Å². The van der Waals surface area contributed by atoms with Gasteiger partial charge in [0.25, 0.3) is 5.56 Å². The third kappa shape index (κ3) is 3.79. The molecule has 0 radical (unpaired) electrons. The van der Waals surface area contributed by atoms with E-state index in [0.29, 0.717) is 11.1 Å². The van der Waals surface area contributed by atoms with Crippen molar-refractivity contribution in [3.63, 3.8) is 0 Å². The Hall–Kier alpha value is -3.07. The number of carboxylic acids is 2. The van der Waals surface area contributed by atoms with E-state index in [9.17, 15) is 23.9 Å². The number of hydrogen-bond donors (Lipinski definition) is 2. The van der Waals surface area contributed by atoms with Crippen molar-refractivity contribution < 1.29 is 24.2 Å². The predicted molar refractivity (Wildman–Crippen MR) is 102 cm³/mol. The van der Waals surface area contributed by atoms with Crippen LogP contribution < -0.4 is 5.56 Å². The third-order valence-electron chi connectivity index (χ3n) is 4.40. The summed E-state index contributed by atoms with van der Waals surface area (Å²) in [5.74, 6) is -2.31. The first-order valence-corrected chi connectivity index (χ1v) is 9.32. The van der Waals surface area contributed by atoms with Crippen molar-refractivity contribution in [1.29, 1.82) is 0 Å². The van der Waals surface area contributed by atoms with Crippen molar-refractivity contribution >= 4 is 33.5 Å². The van der Waals surface area contributed by atoms with Gasteiger partial charge in [-0.15, -0.1) is 11.3 Å². The highest BCUT2D eigenvalue weighted by atomic mass is 32.1. The number of thiophene rings is 1. The van der Waals surface area contributed by atoms with Crippen molar-refractivity contribution in [2.45, 2.75) is 32.7 Å². The smallest absolute Gasteiger partial charge is 0.346 e. The SMILES string of the molecule is Cc1c(C(=O)O)sc2nc(Cc3ccccc3F)n(CCCC(=O)O)c(=O)c12. The van der Waals surface area contributed by atoms with Gasteiger partial charge in [0.1, 0.15) is 21.3 Å². The minimum Gasteiger partial charge on any atom is -0.481 e. The molecule has 0 bridgehead atoms. The minimum absolute atomic E-state index is 0.0275. The molecular formula is C19H17FN2O5S. The topological polar surface area (TPSA) is 109 Å². The molecule has 0 amide bonds. The summed E-state index contributed by atoms with van der Waals surface area (Å²) in [6.07, 6.45) is 0.0958. The summed E-state index contributed by atoms with van der Waals surface area (Å²) in [6.45, 7) is 1.64. The summed E-state index contributed by atoms with van der Waals surface area (Å²) in [5.41, 5.74) is 0.227. The number of benzene rings is 1. The molecule has 0 aliphatic rings. The van der Waals surface area contributed by atoms with Gasteiger partial charge in [-0.3, -0.25) is 14.2 Å². The molecule has 9 heteroatoms. The molecular weight excluding hydrogens is 387 g/mol. The second-order valence-electron chi connectivity index (χ2n) is 6.29. The maximum Gasteiger partial charge on any atom is 0.346 e. The van der Waals surface area contributed by atoms with E-state index in [1.54, 1.807) is 25.1 Å². The summed E-state index contributed by atoms with van der Waals surface area (Å²) in [7, 11) is 0. The summed E-state index contributed by atoms with van der Waals surface area (Å²) in [5, 5.41) is 18.4. The molecule has 0 aliphatic heterocycles. The van der Waals surface area contributed by atoms with Gasteiger partial charge < -0.3 is 10.2 Å². The van der Waals surface area contributed by atoms with Crippen LogP contribution in [0.2, 0.25) is 0 Å². The van der Waals surface area contributed by atoms with Crippen LogP contribution in [0.1, 0.15) is 39.5 Å². The number of aromatic carboxylic acids is 1. The first-order chi connectivity index (χ1) is 13.3. The van der Waals surface area contributed by atoms with Crippen molar-refractivity contribution in [3.8, 4) is 0 Å². The Morgan fingerprint density at radius 3 is 2.61 bits per heavy atom. The average molecular weight is 404 g/mol. The number of carboxylic acid groups (broad SMARTS) is 2. The highest BCUT2D eigenvalue weighted by Gasteiger charge is 2.21. The van der Waals surface area contributed by atoms with E-state index in [2.05, 4.69) is 4.98 Å². The number of fused-ring (bicyclic) bond motifs is 1. The van der Waals surface area contributed by atoms with E-state index in [4.69, 9.17) is 5.11 Å². The van der Waals surface area contributed by atoms with Crippen LogP contribution in [0.3, 0.4) is 0 Å². The Morgan fingerprint density at radius 1 is 1.25 bits per heavy atom. The monoisotopic (exact) mass is 404 g/mol. The van der Waals surface area contributed by atoms with Crippen LogP contribution in [-0.2, 0) is 17.8 Å². The molecule has 1 aromatic carbocycles. The summed E-state index contributed by atoms with van der Waals surface area (Å²) >= 11 is 0.901. The van der Waals surface area contributed by atoms with Crippen LogP contribution in [0, 0.1) is 12.7 Å². The molecule has 0 saturated heterocycles. The van der Waals surface area contributed by atoms with Gasteiger partial charge in [0, 0.05) is 19.4 Å². The first kappa shape index (κ1) is 19.7. The molecule has 0 fully saturated rings. The lowest BCUT2D eigenvalue weighted by atomic mass is 10.1. The Morgan fingerprint density at radius 2 is 1.96 bits per heavy atom. The molecule has 3 rings (SSSR count). The zero-order valence-electron chi connectivity index (χ0n) is 14.9. The van der Waals surface area contributed by atoms with E-state index in [1.807, 2.05) is 0 Å². The lowest BCUT2D eigenvalue weighted by Crippen LogP contribution is -2.26.